The van der Waals surface area contributed by atoms with Gasteiger partial charge in [0, 0.05) is 24.7 Å². The van der Waals surface area contributed by atoms with Crippen LogP contribution in [0.2, 0.25) is 0 Å². The van der Waals surface area contributed by atoms with Gasteiger partial charge in [-0.05, 0) is 57.0 Å². The van der Waals surface area contributed by atoms with Gasteiger partial charge in [0.25, 0.3) is 0 Å². The minimum atomic E-state index is -3.34. The summed E-state index contributed by atoms with van der Waals surface area (Å²) in [6, 6.07) is 5.78. The van der Waals surface area contributed by atoms with Crippen LogP contribution >= 0.6 is 0 Å². The molecule has 1 aliphatic rings. The first-order valence-electron chi connectivity index (χ1n) is 9.63. The number of fused-ring (bicyclic) bond motifs is 1. The Bertz CT molecular complexity index is 1120. The van der Waals surface area contributed by atoms with Gasteiger partial charge in [-0.25, -0.2) is 18.1 Å². The topological polar surface area (TPSA) is 122 Å². The maximum Gasteiger partial charge on any atom is 0.216 e. The van der Waals surface area contributed by atoms with Gasteiger partial charge in [-0.2, -0.15) is 4.80 Å². The third-order valence-electron chi connectivity index (χ3n) is 5.16. The molecule has 0 unspecified atom stereocenters. The van der Waals surface area contributed by atoms with Crippen molar-refractivity contribution >= 4 is 27.0 Å². The second-order valence-corrected chi connectivity index (χ2v) is 10.9. The number of aromatic nitrogens is 6. The first-order valence-corrected chi connectivity index (χ1v) is 11.1. The summed E-state index contributed by atoms with van der Waals surface area (Å²) >= 11 is 0. The number of imidazole rings is 1. The maximum absolute atomic E-state index is 12.4. The van der Waals surface area contributed by atoms with Crippen LogP contribution in [-0.4, -0.2) is 62.5 Å². The van der Waals surface area contributed by atoms with Crippen LogP contribution in [0.5, 0.6) is 0 Å². The Morgan fingerprint density at radius 3 is 2.55 bits per heavy atom. The quantitative estimate of drug-likeness (QED) is 0.657. The van der Waals surface area contributed by atoms with E-state index >= 15 is 0 Å². The monoisotopic (exact) mass is 418 g/mol. The predicted octanol–water partition coefficient (Wildman–Crippen LogP) is 1.44. The smallest absolute Gasteiger partial charge is 0.216 e. The SMILES string of the molecule is Cn1nnc(-c2ccc3nc(N4CCC(NS(=O)(=O)C(C)(C)C)CC4)[nH]c3c2)n1. The van der Waals surface area contributed by atoms with E-state index in [1.807, 2.05) is 18.2 Å². The second kappa shape index (κ2) is 7.06. The summed E-state index contributed by atoms with van der Waals surface area (Å²) < 4.78 is 26.8. The fourth-order valence-corrected chi connectivity index (χ4v) is 4.32. The lowest BCUT2D eigenvalue weighted by molar-refractivity contribution is 0.448. The molecule has 3 aromatic rings. The van der Waals surface area contributed by atoms with Crippen LogP contribution in [0.1, 0.15) is 33.6 Å². The number of aromatic amines is 1. The number of aryl methyl sites for hydroxylation is 1. The Hall–Kier alpha value is -2.53. The van der Waals surface area contributed by atoms with Crippen LogP contribution in [0.15, 0.2) is 18.2 Å². The number of nitrogens with zero attached hydrogens (tertiary/aromatic N) is 6. The molecule has 0 atom stereocenters. The first-order chi connectivity index (χ1) is 13.6. The van der Waals surface area contributed by atoms with E-state index < -0.39 is 14.8 Å². The molecule has 0 aliphatic carbocycles. The Kier molecular flexibility index (Phi) is 4.82. The number of hydrogen-bond donors (Lipinski definition) is 2. The van der Waals surface area contributed by atoms with Crippen molar-refractivity contribution in [2.24, 2.45) is 7.05 Å². The number of tetrazole rings is 1. The normalized spacial score (nSPS) is 16.6. The van der Waals surface area contributed by atoms with Gasteiger partial charge in [0.1, 0.15) is 0 Å². The number of anilines is 1. The largest absolute Gasteiger partial charge is 0.342 e. The molecule has 29 heavy (non-hydrogen) atoms. The molecule has 2 aromatic heterocycles. The highest BCUT2D eigenvalue weighted by Gasteiger charge is 2.32. The van der Waals surface area contributed by atoms with E-state index in [0.29, 0.717) is 5.82 Å². The number of piperidine rings is 1. The summed E-state index contributed by atoms with van der Waals surface area (Å²) in [7, 11) is -1.61. The van der Waals surface area contributed by atoms with Crippen LogP contribution < -0.4 is 9.62 Å². The standard InChI is InChI=1S/C18H26N8O2S/c1-18(2,3)29(27,28)23-13-7-9-26(10-8-13)17-19-14-6-5-12(11-15(14)20-17)16-21-24-25(4)22-16/h5-6,11,13,23H,7-10H2,1-4H3,(H,19,20). The third kappa shape index (κ3) is 3.97. The number of hydrogen-bond acceptors (Lipinski definition) is 7. The van der Waals surface area contributed by atoms with Gasteiger partial charge in [0.2, 0.25) is 21.8 Å². The molecule has 0 spiro atoms. The highest BCUT2D eigenvalue weighted by atomic mass is 32.2. The van der Waals surface area contributed by atoms with E-state index in [4.69, 9.17) is 0 Å². The Morgan fingerprint density at radius 2 is 1.93 bits per heavy atom. The van der Waals surface area contributed by atoms with E-state index in [9.17, 15) is 8.42 Å². The van der Waals surface area contributed by atoms with E-state index in [2.05, 4.69) is 35.0 Å². The second-order valence-electron chi connectivity index (χ2n) is 8.39. The number of H-pyrrole nitrogens is 1. The molecule has 2 N–H and O–H groups in total. The van der Waals surface area contributed by atoms with Crippen LogP contribution in [0.25, 0.3) is 22.4 Å². The lowest BCUT2D eigenvalue weighted by Gasteiger charge is -2.33. The lowest BCUT2D eigenvalue weighted by Crippen LogP contribution is -2.49. The number of sulfonamides is 1. The van der Waals surface area contributed by atoms with Crippen molar-refractivity contribution in [3.8, 4) is 11.4 Å². The van der Waals surface area contributed by atoms with Crippen molar-refractivity contribution in [2.75, 3.05) is 18.0 Å². The summed E-state index contributed by atoms with van der Waals surface area (Å²) in [6.07, 6.45) is 1.47. The highest BCUT2D eigenvalue weighted by Crippen LogP contribution is 2.25. The van der Waals surface area contributed by atoms with Crippen LogP contribution in [0, 0.1) is 0 Å². The van der Waals surface area contributed by atoms with Crippen molar-refractivity contribution in [3.05, 3.63) is 18.2 Å². The Balaban J connectivity index is 1.46. The van der Waals surface area contributed by atoms with Crippen molar-refractivity contribution in [1.29, 1.82) is 0 Å². The molecular weight excluding hydrogens is 392 g/mol. The maximum atomic E-state index is 12.4. The van der Waals surface area contributed by atoms with Gasteiger partial charge in [-0.1, -0.05) is 0 Å². The fourth-order valence-electron chi connectivity index (χ4n) is 3.29. The molecule has 0 saturated carbocycles. The number of rotatable bonds is 4. The van der Waals surface area contributed by atoms with E-state index in [1.54, 1.807) is 27.8 Å². The molecule has 156 valence electrons. The van der Waals surface area contributed by atoms with Crippen molar-refractivity contribution in [1.82, 2.24) is 34.9 Å². The zero-order valence-corrected chi connectivity index (χ0v) is 17.9. The van der Waals surface area contributed by atoms with Gasteiger partial charge >= 0.3 is 0 Å². The van der Waals surface area contributed by atoms with Crippen molar-refractivity contribution < 1.29 is 8.42 Å². The van der Waals surface area contributed by atoms with Gasteiger partial charge in [-0.15, -0.1) is 10.2 Å². The van der Waals surface area contributed by atoms with Gasteiger partial charge in [0.15, 0.2) is 0 Å². The number of nitrogens with one attached hydrogen (secondary N) is 2. The zero-order valence-electron chi connectivity index (χ0n) is 17.0. The minimum absolute atomic E-state index is 0.0471. The molecule has 1 aromatic carbocycles. The molecule has 0 amide bonds. The molecular formula is C18H26N8O2S. The summed E-state index contributed by atoms with van der Waals surface area (Å²) in [5.74, 6) is 1.36. The van der Waals surface area contributed by atoms with Crippen molar-refractivity contribution in [3.63, 3.8) is 0 Å². The molecule has 1 fully saturated rings. The fraction of sp³-hybridized carbons (Fsp3) is 0.556. The zero-order chi connectivity index (χ0) is 20.8. The molecule has 10 nitrogen and oxygen atoms in total. The number of benzene rings is 1. The van der Waals surface area contributed by atoms with E-state index in [1.165, 1.54) is 4.80 Å². The summed E-state index contributed by atoms with van der Waals surface area (Å²) in [6.45, 7) is 6.60. The summed E-state index contributed by atoms with van der Waals surface area (Å²) in [4.78, 5) is 11.6. The molecule has 0 bridgehead atoms. The van der Waals surface area contributed by atoms with Crippen molar-refractivity contribution in [2.45, 2.75) is 44.4 Å². The minimum Gasteiger partial charge on any atom is -0.342 e. The van der Waals surface area contributed by atoms with Crippen LogP contribution in [-0.2, 0) is 17.1 Å². The average molecular weight is 419 g/mol. The van der Waals surface area contributed by atoms with E-state index in [0.717, 1.165) is 48.5 Å². The Morgan fingerprint density at radius 1 is 1.21 bits per heavy atom. The van der Waals surface area contributed by atoms with Gasteiger partial charge in [0.05, 0.1) is 22.8 Å². The molecule has 0 radical (unpaired) electrons. The van der Waals surface area contributed by atoms with E-state index in [-0.39, 0.29) is 6.04 Å². The van der Waals surface area contributed by atoms with Gasteiger partial charge < -0.3 is 9.88 Å². The Labute approximate surface area is 169 Å². The van der Waals surface area contributed by atoms with Crippen LogP contribution in [0.4, 0.5) is 5.95 Å². The molecule has 3 heterocycles. The average Bonchev–Trinajstić information content (AvgIpc) is 3.26. The third-order valence-corrected chi connectivity index (χ3v) is 7.41. The van der Waals surface area contributed by atoms with Gasteiger partial charge in [-0.3, -0.25) is 0 Å². The highest BCUT2D eigenvalue weighted by molar-refractivity contribution is 7.90. The molecule has 1 saturated heterocycles. The predicted molar refractivity (Wildman–Crippen MR) is 111 cm³/mol. The van der Waals surface area contributed by atoms with Crippen LogP contribution in [0.3, 0.4) is 0 Å². The molecule has 4 rings (SSSR count). The lowest BCUT2D eigenvalue weighted by atomic mass is 10.1. The summed E-state index contributed by atoms with van der Waals surface area (Å²) in [5, 5.41) is 12.1. The molecule has 1 aliphatic heterocycles. The summed E-state index contributed by atoms with van der Waals surface area (Å²) in [5.41, 5.74) is 2.64. The first kappa shape index (κ1) is 19.8. The molecule has 11 heteroatoms.